The van der Waals surface area contributed by atoms with E-state index in [0.717, 1.165) is 47.7 Å². The number of aryl methyl sites for hydroxylation is 2. The quantitative estimate of drug-likeness (QED) is 0.532. The lowest BCUT2D eigenvalue weighted by molar-refractivity contribution is -0.137. The minimum absolute atomic E-state index is 0.0885. The topological polar surface area (TPSA) is 50.2 Å². The number of carbonyl (C=O) groups excluding carboxylic acids is 1. The van der Waals surface area contributed by atoms with Crippen LogP contribution in [0.15, 0.2) is 60.8 Å². The number of carbonyl (C=O) groups is 1. The van der Waals surface area contributed by atoms with Crippen molar-refractivity contribution in [3.8, 4) is 0 Å². The summed E-state index contributed by atoms with van der Waals surface area (Å²) < 4.78 is 41.1. The van der Waals surface area contributed by atoms with Crippen LogP contribution in [0.1, 0.15) is 53.6 Å². The second-order valence-corrected chi connectivity index (χ2v) is 8.52. The second-order valence-electron chi connectivity index (χ2n) is 8.52. The Morgan fingerprint density at radius 2 is 1.82 bits per heavy atom. The number of nitrogens with zero attached hydrogens (tertiary/aromatic N) is 3. The highest BCUT2D eigenvalue weighted by Gasteiger charge is 2.37. The summed E-state index contributed by atoms with van der Waals surface area (Å²) in [5.41, 5.74) is 2.13. The molecule has 1 amide bonds. The van der Waals surface area contributed by atoms with Crippen LogP contribution in [0.5, 0.6) is 0 Å². The van der Waals surface area contributed by atoms with E-state index in [1.165, 1.54) is 12.1 Å². The fraction of sp³-hybridized carbons (Fsp3) is 0.385. The number of rotatable bonds is 7. The standard InChI is InChI=1S/C26H29F3N4O/c1-3-23-31-17-22-21(14-11-18-9-12-20(13-10-18)26(27,28)29)33(16-15-32(22)23)24(25(34)30-2)19-7-5-4-6-8-19/h4-10,12-13,17,21,24H,3,11,14-16H2,1-2H3,(H,30,34)/t21?,24-/m1/s1. The zero-order valence-corrected chi connectivity index (χ0v) is 19.3. The van der Waals surface area contributed by atoms with Crippen molar-refractivity contribution in [2.75, 3.05) is 13.6 Å². The smallest absolute Gasteiger partial charge is 0.358 e. The fourth-order valence-corrected chi connectivity index (χ4v) is 4.83. The lowest BCUT2D eigenvalue weighted by atomic mass is 9.95. The molecule has 2 atom stereocenters. The molecule has 2 heterocycles. The summed E-state index contributed by atoms with van der Waals surface area (Å²) >= 11 is 0. The van der Waals surface area contributed by atoms with Gasteiger partial charge in [-0.25, -0.2) is 4.98 Å². The molecule has 2 aromatic carbocycles. The number of fused-ring (bicyclic) bond motifs is 1. The molecule has 34 heavy (non-hydrogen) atoms. The van der Waals surface area contributed by atoms with E-state index < -0.39 is 17.8 Å². The van der Waals surface area contributed by atoms with Gasteiger partial charge in [0.1, 0.15) is 11.9 Å². The SMILES string of the molecule is CCc1ncc2n1CCN([C@@H](C(=O)NC)c1ccccc1)C2CCc1ccc(C(F)(F)F)cc1. The van der Waals surface area contributed by atoms with Gasteiger partial charge in [-0.2, -0.15) is 13.2 Å². The Morgan fingerprint density at radius 1 is 1.12 bits per heavy atom. The summed E-state index contributed by atoms with van der Waals surface area (Å²) in [6.45, 7) is 3.47. The first-order valence-electron chi connectivity index (χ1n) is 11.6. The summed E-state index contributed by atoms with van der Waals surface area (Å²) in [5, 5.41) is 2.81. The molecule has 0 fully saturated rings. The van der Waals surface area contributed by atoms with Gasteiger partial charge in [-0.15, -0.1) is 0 Å². The van der Waals surface area contributed by atoms with Gasteiger partial charge in [0.25, 0.3) is 0 Å². The molecular formula is C26H29F3N4O. The van der Waals surface area contributed by atoms with Gasteiger partial charge < -0.3 is 9.88 Å². The van der Waals surface area contributed by atoms with E-state index in [9.17, 15) is 18.0 Å². The van der Waals surface area contributed by atoms with Crippen LogP contribution in [0.3, 0.4) is 0 Å². The van der Waals surface area contributed by atoms with Gasteiger partial charge in [0.05, 0.1) is 23.5 Å². The predicted molar refractivity (Wildman–Crippen MR) is 124 cm³/mol. The number of aromatic nitrogens is 2. The van der Waals surface area contributed by atoms with Gasteiger partial charge in [-0.1, -0.05) is 49.4 Å². The highest BCUT2D eigenvalue weighted by atomic mass is 19.4. The van der Waals surface area contributed by atoms with E-state index >= 15 is 0 Å². The summed E-state index contributed by atoms with van der Waals surface area (Å²) in [6.07, 6.45) is -0.419. The Bertz CT molecular complexity index is 1110. The number of amides is 1. The highest BCUT2D eigenvalue weighted by Crippen LogP contribution is 2.38. The number of alkyl halides is 3. The highest BCUT2D eigenvalue weighted by molar-refractivity contribution is 5.83. The molecule has 1 aromatic heterocycles. The van der Waals surface area contributed by atoms with Crippen LogP contribution < -0.4 is 5.32 Å². The maximum atomic E-state index is 13.1. The van der Waals surface area contributed by atoms with Gasteiger partial charge in [0.2, 0.25) is 5.91 Å². The molecule has 8 heteroatoms. The number of halogens is 3. The third-order valence-corrected chi connectivity index (χ3v) is 6.54. The average Bonchev–Trinajstić information content (AvgIpc) is 3.27. The van der Waals surface area contributed by atoms with Crippen LogP contribution in [0.4, 0.5) is 13.2 Å². The lowest BCUT2D eigenvalue weighted by Crippen LogP contribution is -2.46. The first kappa shape index (κ1) is 24.0. The number of hydrogen-bond donors (Lipinski definition) is 1. The largest absolute Gasteiger partial charge is 0.416 e. The van der Waals surface area contributed by atoms with Crippen molar-refractivity contribution in [1.29, 1.82) is 0 Å². The van der Waals surface area contributed by atoms with Crippen LogP contribution in [0.2, 0.25) is 0 Å². The molecule has 0 saturated heterocycles. The van der Waals surface area contributed by atoms with Crippen LogP contribution in [-0.2, 0) is 30.4 Å². The lowest BCUT2D eigenvalue weighted by Gasteiger charge is -2.41. The third kappa shape index (κ3) is 4.87. The Balaban J connectivity index is 1.66. The Morgan fingerprint density at radius 3 is 2.44 bits per heavy atom. The molecule has 4 rings (SSSR count). The summed E-state index contributed by atoms with van der Waals surface area (Å²) in [6, 6.07) is 14.4. The molecule has 1 N–H and O–H groups in total. The van der Waals surface area contributed by atoms with Crippen molar-refractivity contribution in [3.63, 3.8) is 0 Å². The number of likely N-dealkylation sites (N-methyl/N-ethyl adjacent to an activating group) is 1. The zero-order chi connectivity index (χ0) is 24.3. The number of hydrogen-bond acceptors (Lipinski definition) is 3. The molecule has 5 nitrogen and oxygen atoms in total. The van der Waals surface area contributed by atoms with E-state index in [1.54, 1.807) is 7.05 Å². The van der Waals surface area contributed by atoms with Crippen molar-refractivity contribution in [2.24, 2.45) is 0 Å². The average molecular weight is 471 g/mol. The van der Waals surface area contributed by atoms with E-state index in [1.807, 2.05) is 36.5 Å². The normalized spacial score (nSPS) is 17.3. The molecule has 0 radical (unpaired) electrons. The van der Waals surface area contributed by atoms with Gasteiger partial charge in [-0.3, -0.25) is 9.69 Å². The van der Waals surface area contributed by atoms with Gasteiger partial charge in [-0.05, 0) is 36.1 Å². The fourth-order valence-electron chi connectivity index (χ4n) is 4.83. The van der Waals surface area contributed by atoms with Gasteiger partial charge in [0, 0.05) is 26.6 Å². The van der Waals surface area contributed by atoms with Crippen molar-refractivity contribution in [1.82, 2.24) is 19.8 Å². The van der Waals surface area contributed by atoms with E-state index in [4.69, 9.17) is 0 Å². The second kappa shape index (κ2) is 10.0. The zero-order valence-electron chi connectivity index (χ0n) is 19.3. The van der Waals surface area contributed by atoms with Crippen LogP contribution in [0.25, 0.3) is 0 Å². The predicted octanol–water partition coefficient (Wildman–Crippen LogP) is 4.94. The number of nitrogens with one attached hydrogen (secondary N) is 1. The molecule has 0 bridgehead atoms. The van der Waals surface area contributed by atoms with Gasteiger partial charge >= 0.3 is 6.18 Å². The minimum Gasteiger partial charge on any atom is -0.358 e. The van der Waals surface area contributed by atoms with Crippen molar-refractivity contribution < 1.29 is 18.0 Å². The first-order chi connectivity index (χ1) is 16.3. The molecule has 0 spiro atoms. The maximum Gasteiger partial charge on any atom is 0.416 e. The Labute approximate surface area is 197 Å². The van der Waals surface area contributed by atoms with Crippen molar-refractivity contribution in [2.45, 2.75) is 51.0 Å². The van der Waals surface area contributed by atoms with Crippen LogP contribution in [-0.4, -0.2) is 34.0 Å². The molecule has 0 saturated carbocycles. The molecule has 3 aromatic rings. The molecule has 1 aliphatic heterocycles. The van der Waals surface area contributed by atoms with Crippen molar-refractivity contribution in [3.05, 3.63) is 89.0 Å². The van der Waals surface area contributed by atoms with E-state index in [-0.39, 0.29) is 11.9 Å². The van der Waals surface area contributed by atoms with Crippen molar-refractivity contribution >= 4 is 5.91 Å². The molecule has 0 aliphatic carbocycles. The van der Waals surface area contributed by atoms with E-state index in [2.05, 4.69) is 26.7 Å². The van der Waals surface area contributed by atoms with Crippen LogP contribution in [0, 0.1) is 0 Å². The summed E-state index contributed by atoms with van der Waals surface area (Å²) in [4.78, 5) is 19.9. The number of benzene rings is 2. The minimum atomic E-state index is -4.35. The monoisotopic (exact) mass is 470 g/mol. The summed E-state index contributed by atoms with van der Waals surface area (Å²) in [7, 11) is 1.64. The molecule has 1 aliphatic rings. The third-order valence-electron chi connectivity index (χ3n) is 6.54. The van der Waals surface area contributed by atoms with Gasteiger partial charge in [0.15, 0.2) is 0 Å². The van der Waals surface area contributed by atoms with E-state index in [0.29, 0.717) is 19.4 Å². The molecular weight excluding hydrogens is 441 g/mol. The number of imidazole rings is 1. The van der Waals surface area contributed by atoms with Crippen LogP contribution >= 0.6 is 0 Å². The maximum absolute atomic E-state index is 13.1. The summed E-state index contributed by atoms with van der Waals surface area (Å²) in [5.74, 6) is 0.916. The Hall–Kier alpha value is -3.13. The molecule has 1 unspecified atom stereocenters. The first-order valence-corrected chi connectivity index (χ1v) is 11.6. The molecule has 180 valence electrons. The Kier molecular flexibility index (Phi) is 7.07.